The van der Waals surface area contributed by atoms with Gasteiger partial charge in [-0.2, -0.15) is 13.2 Å². The number of amides is 2. The van der Waals surface area contributed by atoms with E-state index in [9.17, 15) is 22.8 Å². The van der Waals surface area contributed by atoms with Gasteiger partial charge in [-0.05, 0) is 41.2 Å². The van der Waals surface area contributed by atoms with Crippen LogP contribution in [0.5, 0.6) is 0 Å². The van der Waals surface area contributed by atoms with E-state index in [1.807, 2.05) is 24.3 Å². The van der Waals surface area contributed by atoms with Crippen molar-refractivity contribution < 1.29 is 22.8 Å². The van der Waals surface area contributed by atoms with E-state index in [1.165, 1.54) is 17.0 Å². The molecule has 2 aromatic carbocycles. The third kappa shape index (κ3) is 3.37. The second kappa shape index (κ2) is 6.65. The van der Waals surface area contributed by atoms with Gasteiger partial charge in [-0.15, -0.1) is 0 Å². The lowest BCUT2D eigenvalue weighted by atomic mass is 9.93. The molecule has 2 aromatic rings. The largest absolute Gasteiger partial charge is 0.416 e. The van der Waals surface area contributed by atoms with Crippen molar-refractivity contribution in [2.24, 2.45) is 11.7 Å². The second-order valence-corrected chi connectivity index (χ2v) is 7.43. The molecule has 2 N–H and O–H groups in total. The molecule has 2 amide bonds. The third-order valence-electron chi connectivity index (χ3n) is 5.63. The van der Waals surface area contributed by atoms with Gasteiger partial charge in [0.25, 0.3) is 0 Å². The van der Waals surface area contributed by atoms with Crippen molar-refractivity contribution in [3.05, 3.63) is 70.8 Å². The zero-order valence-corrected chi connectivity index (χ0v) is 14.9. The average molecular weight is 388 g/mol. The van der Waals surface area contributed by atoms with Crippen LogP contribution in [0.15, 0.2) is 48.5 Å². The molecule has 146 valence electrons. The molecule has 4 rings (SSSR count). The summed E-state index contributed by atoms with van der Waals surface area (Å²) in [6.45, 7) is 0.318. The van der Waals surface area contributed by atoms with Gasteiger partial charge in [0.1, 0.15) is 6.04 Å². The first-order chi connectivity index (χ1) is 13.3. The van der Waals surface area contributed by atoms with Gasteiger partial charge in [0.05, 0.1) is 5.56 Å². The number of nitrogens with zero attached hydrogens (tertiary/aromatic N) is 1. The Balaban J connectivity index is 1.51. The molecular formula is C21H19F3N2O2. The third-order valence-corrected chi connectivity index (χ3v) is 5.63. The Labute approximate surface area is 160 Å². The molecule has 0 radical (unpaired) electrons. The molecule has 1 heterocycles. The zero-order valence-electron chi connectivity index (χ0n) is 14.9. The maximum absolute atomic E-state index is 13.0. The molecule has 4 nitrogen and oxygen atoms in total. The van der Waals surface area contributed by atoms with Crippen LogP contribution in [0.2, 0.25) is 0 Å². The highest BCUT2D eigenvalue weighted by Gasteiger charge is 2.48. The summed E-state index contributed by atoms with van der Waals surface area (Å²) in [6.07, 6.45) is -3.43. The minimum absolute atomic E-state index is 0.125. The molecule has 1 aliphatic carbocycles. The van der Waals surface area contributed by atoms with Gasteiger partial charge in [-0.25, -0.2) is 0 Å². The highest BCUT2D eigenvalue weighted by molar-refractivity contribution is 5.90. The fourth-order valence-electron chi connectivity index (χ4n) is 3.98. The lowest BCUT2D eigenvalue weighted by Crippen LogP contribution is -2.51. The van der Waals surface area contributed by atoms with Crippen LogP contribution in [0, 0.1) is 5.92 Å². The van der Waals surface area contributed by atoms with Crippen LogP contribution in [0.4, 0.5) is 13.2 Å². The normalized spacial score (nSPS) is 23.8. The molecule has 0 spiro atoms. The Morgan fingerprint density at radius 2 is 1.64 bits per heavy atom. The van der Waals surface area contributed by atoms with Crippen molar-refractivity contribution in [2.75, 3.05) is 0 Å². The van der Waals surface area contributed by atoms with Crippen LogP contribution in [-0.2, 0) is 28.7 Å². The minimum Gasteiger partial charge on any atom is -0.368 e. The topological polar surface area (TPSA) is 63.4 Å². The zero-order chi connectivity index (χ0) is 20.1. The summed E-state index contributed by atoms with van der Waals surface area (Å²) in [5, 5.41) is 0. The number of hydrogen-bond donors (Lipinski definition) is 1. The number of carbonyl (C=O) groups excluding carboxylic acids is 2. The number of fused-ring (bicyclic) bond motifs is 1. The van der Waals surface area contributed by atoms with Gasteiger partial charge in [0.15, 0.2) is 0 Å². The van der Waals surface area contributed by atoms with Gasteiger partial charge < -0.3 is 10.6 Å². The number of nitrogens with two attached hydrogens (primary N) is 1. The van der Waals surface area contributed by atoms with E-state index in [0.29, 0.717) is 24.9 Å². The summed E-state index contributed by atoms with van der Waals surface area (Å²) < 4.78 is 38.2. The predicted molar refractivity (Wildman–Crippen MR) is 96.0 cm³/mol. The highest BCUT2D eigenvalue weighted by Crippen LogP contribution is 2.49. The number of hydrogen-bond acceptors (Lipinski definition) is 2. The summed E-state index contributed by atoms with van der Waals surface area (Å²) in [5.41, 5.74) is 7.53. The average Bonchev–Trinajstić information content (AvgIpc) is 3.46. The quantitative estimate of drug-likeness (QED) is 0.877. The molecular weight excluding hydrogens is 369 g/mol. The van der Waals surface area contributed by atoms with Crippen LogP contribution < -0.4 is 5.73 Å². The van der Waals surface area contributed by atoms with E-state index >= 15 is 0 Å². The highest BCUT2D eigenvalue weighted by atomic mass is 19.4. The molecule has 28 heavy (non-hydrogen) atoms. The number of primary amides is 1. The van der Waals surface area contributed by atoms with E-state index in [-0.39, 0.29) is 17.7 Å². The van der Waals surface area contributed by atoms with Crippen molar-refractivity contribution in [1.29, 1.82) is 0 Å². The Kier molecular flexibility index (Phi) is 4.40. The summed E-state index contributed by atoms with van der Waals surface area (Å²) in [6, 6.07) is 11.9. The summed E-state index contributed by atoms with van der Waals surface area (Å²) in [5.74, 6) is -1.16. The number of rotatable bonds is 3. The SMILES string of the molecule is NC(=O)[C@@H]1Cc2ccccc2CN1C(=O)[C@H]1C[C@@H]1c1ccc(C(F)(F)F)cc1. The number of benzene rings is 2. The van der Waals surface area contributed by atoms with E-state index in [2.05, 4.69) is 0 Å². The van der Waals surface area contributed by atoms with Gasteiger partial charge >= 0.3 is 6.18 Å². The number of carbonyl (C=O) groups is 2. The Hall–Kier alpha value is -2.83. The molecule has 3 atom stereocenters. The number of halogens is 3. The van der Waals surface area contributed by atoms with Crippen molar-refractivity contribution in [3.8, 4) is 0 Å². The maximum Gasteiger partial charge on any atom is 0.416 e. The molecule has 1 saturated carbocycles. The van der Waals surface area contributed by atoms with E-state index in [0.717, 1.165) is 23.3 Å². The molecule has 2 aliphatic rings. The molecule has 0 aromatic heterocycles. The lowest BCUT2D eigenvalue weighted by molar-refractivity contribution is -0.141. The molecule has 7 heteroatoms. The number of alkyl halides is 3. The van der Waals surface area contributed by atoms with E-state index in [1.54, 1.807) is 0 Å². The van der Waals surface area contributed by atoms with Crippen LogP contribution >= 0.6 is 0 Å². The van der Waals surface area contributed by atoms with Crippen LogP contribution in [0.25, 0.3) is 0 Å². The first-order valence-electron chi connectivity index (χ1n) is 9.09. The summed E-state index contributed by atoms with van der Waals surface area (Å²) in [4.78, 5) is 26.5. The first-order valence-corrected chi connectivity index (χ1v) is 9.09. The van der Waals surface area contributed by atoms with Crippen LogP contribution in [0.3, 0.4) is 0 Å². The molecule has 1 fully saturated rings. The monoisotopic (exact) mass is 388 g/mol. The smallest absolute Gasteiger partial charge is 0.368 e. The van der Waals surface area contributed by atoms with Gasteiger partial charge in [0, 0.05) is 18.9 Å². The summed E-state index contributed by atoms with van der Waals surface area (Å²) >= 11 is 0. The van der Waals surface area contributed by atoms with Gasteiger partial charge in [-0.1, -0.05) is 36.4 Å². The maximum atomic E-state index is 13.0. The van der Waals surface area contributed by atoms with Gasteiger partial charge in [0.2, 0.25) is 11.8 Å². The molecule has 1 aliphatic heterocycles. The van der Waals surface area contributed by atoms with Crippen molar-refractivity contribution in [1.82, 2.24) is 4.90 Å². The van der Waals surface area contributed by atoms with Crippen molar-refractivity contribution in [2.45, 2.75) is 37.5 Å². The molecule has 0 saturated heterocycles. The predicted octanol–water partition coefficient (Wildman–Crippen LogP) is 3.25. The Morgan fingerprint density at radius 1 is 1.00 bits per heavy atom. The van der Waals surface area contributed by atoms with E-state index < -0.39 is 23.7 Å². The first kappa shape index (κ1) is 18.5. The van der Waals surface area contributed by atoms with Crippen molar-refractivity contribution in [3.63, 3.8) is 0 Å². The fraction of sp³-hybridized carbons (Fsp3) is 0.333. The van der Waals surface area contributed by atoms with E-state index in [4.69, 9.17) is 5.73 Å². The lowest BCUT2D eigenvalue weighted by Gasteiger charge is -2.35. The van der Waals surface area contributed by atoms with Gasteiger partial charge in [-0.3, -0.25) is 9.59 Å². The molecule has 0 unspecified atom stereocenters. The van der Waals surface area contributed by atoms with Crippen LogP contribution in [0.1, 0.15) is 34.6 Å². The molecule has 0 bridgehead atoms. The second-order valence-electron chi connectivity index (χ2n) is 7.43. The van der Waals surface area contributed by atoms with Crippen LogP contribution in [-0.4, -0.2) is 22.8 Å². The summed E-state index contributed by atoms with van der Waals surface area (Å²) in [7, 11) is 0. The van der Waals surface area contributed by atoms with Crippen molar-refractivity contribution >= 4 is 11.8 Å². The Morgan fingerprint density at radius 3 is 2.25 bits per heavy atom. The minimum atomic E-state index is -4.38. The fourth-order valence-corrected chi connectivity index (χ4v) is 3.98. The Bertz CT molecular complexity index is 924. The standard InChI is InChI=1S/C21H19F3N2O2/c22-21(23,24)15-7-5-12(6-8-15)16-10-17(16)20(28)26-11-14-4-2-1-3-13(14)9-18(26)19(25)27/h1-8,16-18H,9-11H2,(H2,25,27)/t16-,17+,18+/m1/s1.